The van der Waals surface area contributed by atoms with Gasteiger partial charge in [0.25, 0.3) is 0 Å². The molecule has 40 unspecified atom stereocenters. The van der Waals surface area contributed by atoms with Crippen LogP contribution < -0.4 is 0 Å². The molecule has 52 atom stereocenters. The maximum atomic E-state index is 14.3. The van der Waals surface area contributed by atoms with Crippen LogP contribution in [0.1, 0.15) is 137 Å². The molecule has 16 aliphatic rings. The van der Waals surface area contributed by atoms with Gasteiger partial charge < -0.3 is 224 Å². The van der Waals surface area contributed by atoms with E-state index in [1.165, 1.54) is 0 Å². The molecule has 47 nitrogen and oxygen atoms in total. The molecule has 14 fully saturated rings. The summed E-state index contributed by atoms with van der Waals surface area (Å²) in [4.78, 5) is 28.6. The lowest BCUT2D eigenvalue weighted by atomic mass is 9.40. The van der Waals surface area contributed by atoms with Crippen LogP contribution in [-0.2, 0) is 85.4 Å². The van der Waals surface area contributed by atoms with Crippen LogP contribution in [0.3, 0.4) is 0 Å². The van der Waals surface area contributed by atoms with Crippen LogP contribution in [0.2, 0.25) is 0 Å². The predicted octanol–water partition coefficient (Wildman–Crippen LogP) is -11.3. The van der Waals surface area contributed by atoms with E-state index >= 15 is 0 Å². The molecular formula is C88H140O47. The van der Waals surface area contributed by atoms with Crippen LogP contribution in [0.4, 0.5) is 0 Å². The van der Waals surface area contributed by atoms with Gasteiger partial charge in [0.15, 0.2) is 37.7 Å². The summed E-state index contributed by atoms with van der Waals surface area (Å²) in [6, 6.07) is 0. The minimum absolute atomic E-state index is 0.00956. The molecule has 8 heterocycles. The number of hydrogen-bond donors (Lipinski definition) is 29. The van der Waals surface area contributed by atoms with Gasteiger partial charge in [-0.3, -0.25) is 9.59 Å². The number of carbonyl (C=O) groups excluding carboxylic acids is 2. The highest BCUT2D eigenvalue weighted by molar-refractivity contribution is 5.78. The SMILES string of the molecule is CC1=C[C@@]23CC[C@H]4[C@@](C)(CCC[C@@]4(C)C(=O)OC4OC(CO)C(O)C(O)C4O)[C@@H]2CC[C@]1(OC1OC(CO)C(O)C(OC2OC(CO)C(O)C(O)C2O)C1OC1OC(CO)C(O)C(O)C1O)C3.C[C@@]12CCC[C@@](C)(C(=O)OC3OC(CO)C(O)C(O)C3O)[C@H]1CC[C@]13C=C(CO)[C@](OC4OC(CO)C(O)C(OC5OC(CO)C(O)C(O)C5O)C4OC4OC(CO)C(O)C(O)C4O)(CC[C@H]12)C3. The van der Waals surface area contributed by atoms with E-state index in [1.54, 1.807) is 0 Å². The molecule has 0 radical (unpaired) electrons. The van der Waals surface area contributed by atoms with Gasteiger partial charge in [0.05, 0.1) is 81.5 Å². The molecule has 8 aliphatic heterocycles. The Morgan fingerprint density at radius 3 is 0.874 bits per heavy atom. The lowest BCUT2D eigenvalue weighted by molar-refractivity contribution is -0.400. The molecule has 0 aromatic heterocycles. The Kier molecular flexibility index (Phi) is 32.2. The minimum atomic E-state index is -1.99. The fourth-order valence-corrected chi connectivity index (χ4v) is 26.7. The quantitative estimate of drug-likeness (QED) is 0.0229. The van der Waals surface area contributed by atoms with Crippen molar-refractivity contribution in [3.63, 3.8) is 0 Å². The molecule has 0 aromatic rings. The Morgan fingerprint density at radius 1 is 0.296 bits per heavy atom. The molecule has 2 spiro atoms. The standard InChI is InChI=1S/C44H70O24.C44H70O23/c1-41-6-3-7-42(2,40(60)67-38-33(59)30(56)26(52)20(14-48)63-38)22(41)4-8-43-10-17(11-45)44(16-43,9-5-23(41)43)68-39-35(66-37-32(58)29(55)25(51)19(13-47)62-37)34(27(53)21(15-49)64-39)65-36-31(57)28(54)24(50)18(12-46)61-36;1-17-11-43-9-5-22-41(2,7-4-8-42(22,3)40(59)66-38-33(58)30(55)26(51)20(14-47)62-38)23(43)6-10-44(17,16-43)67-39-35(65-37-32(57)29(54)25(50)19(13-46)61-37)34(27(52)21(15-48)63-39)64-36-31(56)28(53)24(49)18(12-45)60-36/h10,18-39,45-59H,3-9,11-16H2,1-2H3;11,18-39,45-58H,4-10,12-16H2,1-3H3/t2*18?,19?,20?,21?,22-,23-,24?,25?,26?,27?,28?,29?,30?,31?,32?,33?,34?,35?,36?,37?,38?,39?,41+,42+,43+,44-/m00/s1. The van der Waals surface area contributed by atoms with Crippen molar-refractivity contribution in [2.24, 2.45) is 56.2 Å². The zero-order valence-electron chi connectivity index (χ0n) is 75.6. The Balaban J connectivity index is 0.000000206. The van der Waals surface area contributed by atoms with Gasteiger partial charge in [-0.15, -0.1) is 0 Å². The van der Waals surface area contributed by atoms with Crippen molar-refractivity contribution in [1.29, 1.82) is 0 Å². The monoisotopic (exact) mass is 1950 g/mol. The Labute approximate surface area is 775 Å². The van der Waals surface area contributed by atoms with E-state index < -0.39 is 361 Å². The smallest absolute Gasteiger partial charge is 0.314 e. The van der Waals surface area contributed by atoms with Gasteiger partial charge in [-0.05, 0) is 167 Å². The number of carbonyl (C=O) groups is 2. The summed E-state index contributed by atoms with van der Waals surface area (Å²) < 4.78 is 96.3. The van der Waals surface area contributed by atoms with Gasteiger partial charge in [-0.25, -0.2) is 0 Å². The van der Waals surface area contributed by atoms with E-state index in [1.807, 2.05) is 26.8 Å². The van der Waals surface area contributed by atoms with Gasteiger partial charge in [0, 0.05) is 0 Å². The van der Waals surface area contributed by atoms with E-state index in [9.17, 15) is 158 Å². The maximum Gasteiger partial charge on any atom is 0.314 e. The Morgan fingerprint density at radius 2 is 0.556 bits per heavy atom. The molecule has 0 aromatic carbocycles. The van der Waals surface area contributed by atoms with Crippen molar-refractivity contribution in [3.8, 4) is 0 Å². The third-order valence-electron chi connectivity index (χ3n) is 34.0. The second kappa shape index (κ2) is 41.0. The van der Waals surface area contributed by atoms with Crippen molar-refractivity contribution in [1.82, 2.24) is 0 Å². The van der Waals surface area contributed by atoms with Crippen LogP contribution in [-0.4, -0.2) is 476 Å². The third kappa shape index (κ3) is 18.4. The highest BCUT2D eigenvalue weighted by Crippen LogP contribution is 2.75. The van der Waals surface area contributed by atoms with Crippen molar-refractivity contribution in [2.75, 3.05) is 59.5 Å². The number of fused-ring (bicyclic) bond motifs is 6. The Bertz CT molecular complexity index is 4060. The molecule has 774 valence electrons. The molecule has 16 rings (SSSR count). The van der Waals surface area contributed by atoms with Crippen molar-refractivity contribution in [2.45, 2.75) is 394 Å². The molecule has 8 aliphatic carbocycles. The summed E-state index contributed by atoms with van der Waals surface area (Å²) in [5.74, 6) is -1.85. The molecular weight excluding hydrogens is 1810 g/mol. The fourth-order valence-electron chi connectivity index (χ4n) is 26.7. The van der Waals surface area contributed by atoms with Crippen LogP contribution in [0.15, 0.2) is 23.3 Å². The number of aliphatic hydroxyl groups is 29. The zero-order valence-corrected chi connectivity index (χ0v) is 75.6. The van der Waals surface area contributed by atoms with Crippen molar-refractivity contribution in [3.05, 3.63) is 23.3 Å². The second-order valence-corrected chi connectivity index (χ2v) is 41.4. The normalized spacial score (nSPS) is 54.1. The molecule has 6 saturated carbocycles. The lowest BCUT2D eigenvalue weighted by Gasteiger charge is -2.64. The molecule has 0 amide bonds. The summed E-state index contributed by atoms with van der Waals surface area (Å²) >= 11 is 0. The molecule has 47 heteroatoms. The van der Waals surface area contributed by atoms with Crippen LogP contribution in [0, 0.1) is 56.2 Å². The number of ether oxygens (including phenoxy) is 16. The second-order valence-electron chi connectivity index (χ2n) is 41.4. The van der Waals surface area contributed by atoms with E-state index in [4.69, 9.17) is 75.8 Å². The Hall–Kier alpha value is -3.30. The number of rotatable bonds is 25. The summed E-state index contributed by atoms with van der Waals surface area (Å²) in [7, 11) is 0. The van der Waals surface area contributed by atoms with Crippen molar-refractivity contribution < 1.29 is 233 Å². The summed E-state index contributed by atoms with van der Waals surface area (Å²) in [6.07, 6.45) is -56.3. The van der Waals surface area contributed by atoms with E-state index in [-0.39, 0.29) is 36.5 Å². The van der Waals surface area contributed by atoms with E-state index in [0.717, 1.165) is 18.4 Å². The maximum absolute atomic E-state index is 14.3. The topological polar surface area (TPSA) is 768 Å². The predicted molar refractivity (Wildman–Crippen MR) is 439 cm³/mol. The first-order chi connectivity index (χ1) is 63.8. The lowest BCUT2D eigenvalue weighted by Crippen LogP contribution is -2.68. The molecule has 4 bridgehead atoms. The summed E-state index contributed by atoms with van der Waals surface area (Å²) in [6.45, 7) is 3.08. The average molecular weight is 1950 g/mol. The number of allylic oxidation sites excluding steroid dienone is 2. The number of hydrogen-bond acceptors (Lipinski definition) is 47. The first-order valence-electron chi connectivity index (χ1n) is 47.0. The largest absolute Gasteiger partial charge is 0.432 e. The van der Waals surface area contributed by atoms with Crippen LogP contribution >= 0.6 is 0 Å². The average Bonchev–Trinajstić information content (AvgIpc) is 1.57. The van der Waals surface area contributed by atoms with E-state index in [0.29, 0.717) is 82.6 Å². The van der Waals surface area contributed by atoms with Crippen LogP contribution in [0.25, 0.3) is 0 Å². The van der Waals surface area contributed by atoms with Gasteiger partial charge in [-0.1, -0.05) is 38.8 Å². The van der Waals surface area contributed by atoms with Gasteiger partial charge in [0.2, 0.25) is 12.6 Å². The molecule has 29 N–H and O–H groups in total. The number of esters is 2. The van der Waals surface area contributed by atoms with Crippen molar-refractivity contribution >= 4 is 11.9 Å². The van der Waals surface area contributed by atoms with Crippen LogP contribution in [0.5, 0.6) is 0 Å². The summed E-state index contributed by atoms with van der Waals surface area (Å²) in [5, 5.41) is 306. The number of aliphatic hydroxyl groups excluding tert-OH is 29. The highest BCUT2D eigenvalue weighted by atomic mass is 16.8. The van der Waals surface area contributed by atoms with E-state index in [2.05, 4.69) is 19.9 Å². The first kappa shape index (κ1) is 106. The third-order valence-corrected chi connectivity index (χ3v) is 34.0. The minimum Gasteiger partial charge on any atom is -0.432 e. The zero-order chi connectivity index (χ0) is 98.1. The van der Waals surface area contributed by atoms with Gasteiger partial charge in [0.1, 0.15) is 195 Å². The molecule has 135 heavy (non-hydrogen) atoms. The summed E-state index contributed by atoms with van der Waals surface area (Å²) in [5.41, 5.74) is -5.31. The fraction of sp³-hybridized carbons (Fsp3) is 0.932. The highest BCUT2D eigenvalue weighted by Gasteiger charge is 2.72. The molecule has 8 saturated heterocycles. The first-order valence-corrected chi connectivity index (χ1v) is 47.0. The van der Waals surface area contributed by atoms with Gasteiger partial charge >= 0.3 is 11.9 Å². The van der Waals surface area contributed by atoms with Gasteiger partial charge in [-0.2, -0.15) is 0 Å².